The summed E-state index contributed by atoms with van der Waals surface area (Å²) in [5.41, 5.74) is 0.709. The van der Waals surface area contributed by atoms with Crippen molar-refractivity contribution in [3.63, 3.8) is 0 Å². The molecule has 1 aromatic heterocycles. The second-order valence-corrected chi connectivity index (χ2v) is 5.40. The molecule has 0 fully saturated rings. The molecule has 20 heavy (non-hydrogen) atoms. The molecule has 1 N–H and O–H groups in total. The lowest BCUT2D eigenvalue weighted by Gasteiger charge is -2.04. The average molecular weight is 298 g/mol. The lowest BCUT2D eigenvalue weighted by molar-refractivity contribution is 0.0691. The predicted molar refractivity (Wildman–Crippen MR) is 80.0 cm³/mol. The van der Waals surface area contributed by atoms with Crippen LogP contribution in [-0.2, 0) is 9.47 Å². The fraction of sp³-hybridized carbons (Fsp3) is 0.500. The first-order valence-electron chi connectivity index (χ1n) is 6.66. The van der Waals surface area contributed by atoms with Crippen LogP contribution in [0.25, 0.3) is 10.2 Å². The summed E-state index contributed by atoms with van der Waals surface area (Å²) in [6.45, 7) is 2.87. The lowest BCUT2D eigenvalue weighted by atomic mass is 10.3. The highest BCUT2D eigenvalue weighted by molar-refractivity contribution is 7.22. The molecule has 4 nitrogen and oxygen atoms in total. The molecule has 0 aliphatic heterocycles. The average Bonchev–Trinajstić information content (AvgIpc) is 2.83. The number of thiazole rings is 1. The maximum Gasteiger partial charge on any atom is 0.183 e. The smallest absolute Gasteiger partial charge is 0.183 e. The number of hydrogen-bond donors (Lipinski definition) is 1. The third-order valence-corrected chi connectivity index (χ3v) is 3.77. The molecular weight excluding hydrogens is 279 g/mol. The number of anilines is 1. The molecule has 0 spiro atoms. The molecule has 0 aliphatic carbocycles. The Labute approximate surface area is 121 Å². The number of benzene rings is 1. The van der Waals surface area contributed by atoms with Crippen molar-refractivity contribution in [2.45, 2.75) is 12.8 Å². The Morgan fingerprint density at radius 3 is 3.00 bits per heavy atom. The van der Waals surface area contributed by atoms with E-state index >= 15 is 0 Å². The standard InChI is InChI=1S/C14H19FN2O2S/c1-18-8-9-19-7-3-2-6-16-14-17-12-10-11(15)4-5-13(12)20-14/h4-5,10H,2-3,6-9H2,1H3,(H,16,17). The van der Waals surface area contributed by atoms with Crippen molar-refractivity contribution in [2.24, 2.45) is 0 Å². The maximum absolute atomic E-state index is 13.0. The lowest BCUT2D eigenvalue weighted by Crippen LogP contribution is -2.06. The number of fused-ring (bicyclic) bond motifs is 1. The number of nitrogens with zero attached hydrogens (tertiary/aromatic N) is 1. The third kappa shape index (κ3) is 4.70. The fourth-order valence-electron chi connectivity index (χ4n) is 1.74. The van der Waals surface area contributed by atoms with Gasteiger partial charge in [-0.05, 0) is 25.0 Å². The Hall–Kier alpha value is -1.24. The number of nitrogens with one attached hydrogen (secondary N) is 1. The number of aromatic nitrogens is 1. The van der Waals surface area contributed by atoms with Gasteiger partial charge in [-0.2, -0.15) is 0 Å². The highest BCUT2D eigenvalue weighted by Gasteiger charge is 2.03. The molecule has 6 heteroatoms. The molecule has 2 rings (SSSR count). The molecular formula is C14H19FN2O2S. The monoisotopic (exact) mass is 298 g/mol. The topological polar surface area (TPSA) is 43.4 Å². The summed E-state index contributed by atoms with van der Waals surface area (Å²) in [4.78, 5) is 4.35. The van der Waals surface area contributed by atoms with Crippen LogP contribution in [0.3, 0.4) is 0 Å². The quantitative estimate of drug-likeness (QED) is 0.721. The van der Waals surface area contributed by atoms with Gasteiger partial charge in [0.1, 0.15) is 5.82 Å². The molecule has 110 valence electrons. The predicted octanol–water partition coefficient (Wildman–Crippen LogP) is 3.29. The van der Waals surface area contributed by atoms with Crippen molar-refractivity contribution < 1.29 is 13.9 Å². The number of unbranched alkanes of at least 4 members (excludes halogenated alkanes) is 1. The molecule has 0 bridgehead atoms. The molecule has 0 saturated carbocycles. The van der Waals surface area contributed by atoms with Crippen molar-refractivity contribution in [3.05, 3.63) is 24.0 Å². The number of hydrogen-bond acceptors (Lipinski definition) is 5. The minimum absolute atomic E-state index is 0.248. The summed E-state index contributed by atoms with van der Waals surface area (Å²) in [7, 11) is 1.66. The highest BCUT2D eigenvalue weighted by Crippen LogP contribution is 2.26. The first-order valence-corrected chi connectivity index (χ1v) is 7.48. The van der Waals surface area contributed by atoms with Gasteiger partial charge < -0.3 is 14.8 Å². The van der Waals surface area contributed by atoms with Crippen LogP contribution < -0.4 is 5.32 Å². The number of halogens is 1. The molecule has 1 aromatic carbocycles. The molecule has 0 unspecified atom stereocenters. The van der Waals surface area contributed by atoms with Crippen LogP contribution in [0.1, 0.15) is 12.8 Å². The Morgan fingerprint density at radius 1 is 1.25 bits per heavy atom. The van der Waals surface area contributed by atoms with E-state index in [2.05, 4.69) is 10.3 Å². The minimum Gasteiger partial charge on any atom is -0.382 e. The molecule has 0 amide bonds. The number of ether oxygens (including phenoxy) is 2. The summed E-state index contributed by atoms with van der Waals surface area (Å²) >= 11 is 1.54. The second-order valence-electron chi connectivity index (χ2n) is 4.37. The van der Waals surface area contributed by atoms with Gasteiger partial charge in [-0.25, -0.2) is 9.37 Å². The Balaban J connectivity index is 1.65. The van der Waals surface area contributed by atoms with Crippen molar-refractivity contribution in [1.29, 1.82) is 0 Å². The van der Waals surface area contributed by atoms with Crippen LogP contribution in [0, 0.1) is 5.82 Å². The third-order valence-electron chi connectivity index (χ3n) is 2.77. The zero-order chi connectivity index (χ0) is 14.2. The van der Waals surface area contributed by atoms with Crippen LogP contribution in [0.2, 0.25) is 0 Å². The molecule has 0 atom stereocenters. The van der Waals surface area contributed by atoms with Crippen LogP contribution in [0.5, 0.6) is 0 Å². The van der Waals surface area contributed by atoms with Gasteiger partial charge >= 0.3 is 0 Å². The van der Waals surface area contributed by atoms with Gasteiger partial charge in [-0.15, -0.1) is 0 Å². The zero-order valence-electron chi connectivity index (χ0n) is 11.5. The Morgan fingerprint density at radius 2 is 2.15 bits per heavy atom. The van der Waals surface area contributed by atoms with E-state index in [1.807, 2.05) is 0 Å². The molecule has 0 radical (unpaired) electrons. The molecule has 2 aromatic rings. The van der Waals surface area contributed by atoms with Crippen LogP contribution in [0.15, 0.2) is 18.2 Å². The Bertz CT molecular complexity index is 533. The van der Waals surface area contributed by atoms with E-state index in [1.54, 1.807) is 24.5 Å². The van der Waals surface area contributed by atoms with Gasteiger partial charge in [-0.3, -0.25) is 0 Å². The maximum atomic E-state index is 13.0. The van der Waals surface area contributed by atoms with Crippen LogP contribution in [-0.4, -0.2) is 38.5 Å². The van der Waals surface area contributed by atoms with Crippen molar-refractivity contribution in [3.8, 4) is 0 Å². The highest BCUT2D eigenvalue weighted by atomic mass is 32.1. The van der Waals surface area contributed by atoms with Crippen LogP contribution >= 0.6 is 11.3 Å². The van der Waals surface area contributed by atoms with E-state index in [4.69, 9.17) is 9.47 Å². The number of rotatable bonds is 9. The summed E-state index contributed by atoms with van der Waals surface area (Å²) < 4.78 is 24.3. The van der Waals surface area contributed by atoms with Gasteiger partial charge in [0.15, 0.2) is 5.13 Å². The Kier molecular flexibility index (Phi) is 6.17. The van der Waals surface area contributed by atoms with E-state index < -0.39 is 0 Å². The van der Waals surface area contributed by atoms with Gasteiger partial charge in [0.05, 0.1) is 23.4 Å². The molecule has 0 aliphatic rings. The summed E-state index contributed by atoms with van der Waals surface area (Å²) in [6.07, 6.45) is 2.01. The normalized spacial score (nSPS) is 11.1. The second kappa shape index (κ2) is 8.14. The number of methoxy groups -OCH3 is 1. The largest absolute Gasteiger partial charge is 0.382 e. The van der Waals surface area contributed by atoms with E-state index in [-0.39, 0.29) is 5.82 Å². The zero-order valence-corrected chi connectivity index (χ0v) is 12.3. The first kappa shape index (κ1) is 15.2. The fourth-order valence-corrected chi connectivity index (χ4v) is 2.62. The van der Waals surface area contributed by atoms with Gasteiger partial charge in [0.25, 0.3) is 0 Å². The molecule has 1 heterocycles. The summed E-state index contributed by atoms with van der Waals surface area (Å²) in [5, 5.41) is 4.10. The van der Waals surface area contributed by atoms with Gasteiger partial charge in [-0.1, -0.05) is 11.3 Å². The first-order chi connectivity index (χ1) is 9.79. The van der Waals surface area contributed by atoms with Gasteiger partial charge in [0.2, 0.25) is 0 Å². The van der Waals surface area contributed by atoms with Crippen molar-refractivity contribution in [1.82, 2.24) is 4.98 Å². The van der Waals surface area contributed by atoms with E-state index in [9.17, 15) is 4.39 Å². The SMILES string of the molecule is COCCOCCCCNc1nc2cc(F)ccc2s1. The van der Waals surface area contributed by atoms with E-state index in [0.29, 0.717) is 18.7 Å². The summed E-state index contributed by atoms with van der Waals surface area (Å²) in [6, 6.07) is 4.68. The molecule has 0 saturated heterocycles. The van der Waals surface area contributed by atoms with Crippen LogP contribution in [0.4, 0.5) is 9.52 Å². The minimum atomic E-state index is -0.248. The van der Waals surface area contributed by atoms with Gasteiger partial charge in [0, 0.05) is 26.3 Å². The van der Waals surface area contributed by atoms with Crippen molar-refractivity contribution >= 4 is 26.7 Å². The van der Waals surface area contributed by atoms with E-state index in [1.165, 1.54) is 12.1 Å². The summed E-state index contributed by atoms with van der Waals surface area (Å²) in [5.74, 6) is -0.248. The van der Waals surface area contributed by atoms with Crippen molar-refractivity contribution in [2.75, 3.05) is 38.8 Å². The van der Waals surface area contributed by atoms with E-state index in [0.717, 1.165) is 35.8 Å².